The van der Waals surface area contributed by atoms with E-state index in [0.29, 0.717) is 11.5 Å². The third-order valence-electron chi connectivity index (χ3n) is 6.91. The smallest absolute Gasteiger partial charge is 0.273 e. The zero-order valence-electron chi connectivity index (χ0n) is 18.1. The molecule has 0 aliphatic heterocycles. The van der Waals surface area contributed by atoms with E-state index in [1.165, 1.54) is 62.8 Å². The second-order valence-electron chi connectivity index (χ2n) is 8.89. The van der Waals surface area contributed by atoms with E-state index in [-0.39, 0.29) is 11.7 Å². The van der Waals surface area contributed by atoms with E-state index in [2.05, 4.69) is 10.5 Å². The SMILES string of the molecule is Cc1cc(C(=O)N/N=C2/CCCC[C@@H]2C2CCCCC2)c(C)n1-c1ccc(F)cc1. The van der Waals surface area contributed by atoms with E-state index < -0.39 is 0 Å². The van der Waals surface area contributed by atoms with E-state index in [1.54, 1.807) is 12.1 Å². The monoisotopic (exact) mass is 409 g/mol. The van der Waals surface area contributed by atoms with Gasteiger partial charge in [-0.2, -0.15) is 5.10 Å². The third-order valence-corrected chi connectivity index (χ3v) is 6.91. The number of hydrazone groups is 1. The lowest BCUT2D eigenvalue weighted by molar-refractivity contribution is 0.0953. The summed E-state index contributed by atoms with van der Waals surface area (Å²) in [5.74, 6) is 0.830. The summed E-state index contributed by atoms with van der Waals surface area (Å²) in [7, 11) is 0. The van der Waals surface area contributed by atoms with Crippen LogP contribution in [0.3, 0.4) is 0 Å². The molecule has 2 saturated carbocycles. The molecule has 2 aliphatic rings. The van der Waals surface area contributed by atoms with Gasteiger partial charge in [0, 0.05) is 28.7 Å². The maximum atomic E-state index is 13.3. The fraction of sp³-hybridized carbons (Fsp3) is 0.520. The Balaban J connectivity index is 1.52. The van der Waals surface area contributed by atoms with Gasteiger partial charge in [0.2, 0.25) is 0 Å². The Morgan fingerprint density at radius 3 is 2.47 bits per heavy atom. The molecule has 0 bridgehead atoms. The number of halogens is 1. The summed E-state index contributed by atoms with van der Waals surface area (Å²) in [4.78, 5) is 13.0. The average Bonchev–Trinajstić information content (AvgIpc) is 3.07. The molecular weight excluding hydrogens is 377 g/mol. The minimum absolute atomic E-state index is 0.170. The van der Waals surface area contributed by atoms with Crippen LogP contribution in [-0.4, -0.2) is 16.2 Å². The Bertz CT molecular complexity index is 923. The summed E-state index contributed by atoms with van der Waals surface area (Å²) in [5, 5.41) is 4.64. The first-order valence-corrected chi connectivity index (χ1v) is 11.4. The maximum absolute atomic E-state index is 13.3. The van der Waals surface area contributed by atoms with Crippen molar-refractivity contribution in [3.63, 3.8) is 0 Å². The summed E-state index contributed by atoms with van der Waals surface area (Å²) in [6.07, 6.45) is 11.3. The van der Waals surface area contributed by atoms with Gasteiger partial charge in [0.05, 0.1) is 5.56 Å². The molecule has 1 heterocycles. The van der Waals surface area contributed by atoms with Gasteiger partial charge in [-0.05, 0) is 82.2 Å². The van der Waals surface area contributed by atoms with E-state index in [1.807, 2.05) is 24.5 Å². The second kappa shape index (κ2) is 9.15. The van der Waals surface area contributed by atoms with Crippen LogP contribution in [0, 0.1) is 31.5 Å². The number of aromatic nitrogens is 1. The second-order valence-corrected chi connectivity index (χ2v) is 8.89. The molecule has 2 aromatic rings. The van der Waals surface area contributed by atoms with E-state index in [0.717, 1.165) is 35.8 Å². The zero-order valence-corrected chi connectivity index (χ0v) is 18.1. The van der Waals surface area contributed by atoms with Gasteiger partial charge in [0.25, 0.3) is 5.91 Å². The normalized spacial score (nSPS) is 21.7. The largest absolute Gasteiger partial charge is 0.318 e. The van der Waals surface area contributed by atoms with Crippen LogP contribution in [0.1, 0.15) is 79.5 Å². The number of hydrogen-bond acceptors (Lipinski definition) is 2. The topological polar surface area (TPSA) is 46.4 Å². The van der Waals surface area contributed by atoms with Crippen molar-refractivity contribution in [2.75, 3.05) is 0 Å². The fourth-order valence-electron chi connectivity index (χ4n) is 5.37. The predicted octanol–water partition coefficient (Wildman–Crippen LogP) is 6.09. The van der Waals surface area contributed by atoms with Gasteiger partial charge >= 0.3 is 0 Å². The number of hydrogen-bond donors (Lipinski definition) is 1. The lowest BCUT2D eigenvalue weighted by Crippen LogP contribution is -2.31. The van der Waals surface area contributed by atoms with Crippen LogP contribution in [-0.2, 0) is 0 Å². The molecule has 1 aromatic carbocycles. The van der Waals surface area contributed by atoms with Gasteiger partial charge in [-0.3, -0.25) is 4.79 Å². The van der Waals surface area contributed by atoms with Crippen molar-refractivity contribution in [1.29, 1.82) is 0 Å². The molecule has 1 amide bonds. The van der Waals surface area contributed by atoms with Gasteiger partial charge in [0.15, 0.2) is 0 Å². The molecule has 2 fully saturated rings. The van der Waals surface area contributed by atoms with Crippen molar-refractivity contribution in [3.05, 3.63) is 53.1 Å². The van der Waals surface area contributed by atoms with E-state index in [9.17, 15) is 9.18 Å². The molecule has 0 radical (unpaired) electrons. The first-order chi connectivity index (χ1) is 14.5. The number of carbonyl (C=O) groups is 1. The highest BCUT2D eigenvalue weighted by atomic mass is 19.1. The summed E-state index contributed by atoms with van der Waals surface area (Å²) in [6, 6.07) is 8.22. The van der Waals surface area contributed by atoms with Crippen molar-refractivity contribution < 1.29 is 9.18 Å². The summed E-state index contributed by atoms with van der Waals surface area (Å²) < 4.78 is 15.3. The van der Waals surface area contributed by atoms with Crippen molar-refractivity contribution >= 4 is 11.6 Å². The highest BCUT2D eigenvalue weighted by Gasteiger charge is 2.30. The molecule has 160 valence electrons. The van der Waals surface area contributed by atoms with Crippen LogP contribution in [0.2, 0.25) is 0 Å². The van der Waals surface area contributed by atoms with Crippen molar-refractivity contribution in [2.45, 2.75) is 71.6 Å². The molecule has 0 saturated heterocycles. The van der Waals surface area contributed by atoms with E-state index >= 15 is 0 Å². The molecule has 1 atom stereocenters. The predicted molar refractivity (Wildman–Crippen MR) is 119 cm³/mol. The summed E-state index contributed by atoms with van der Waals surface area (Å²) >= 11 is 0. The number of rotatable bonds is 4. The Labute approximate surface area is 178 Å². The van der Waals surface area contributed by atoms with E-state index in [4.69, 9.17) is 0 Å². The van der Waals surface area contributed by atoms with Crippen LogP contribution in [0.5, 0.6) is 0 Å². The fourth-order valence-corrected chi connectivity index (χ4v) is 5.37. The lowest BCUT2D eigenvalue weighted by atomic mass is 9.72. The molecule has 0 spiro atoms. The Morgan fingerprint density at radius 2 is 1.73 bits per heavy atom. The van der Waals surface area contributed by atoms with Crippen LogP contribution in [0.15, 0.2) is 35.4 Å². The van der Waals surface area contributed by atoms with Gasteiger partial charge in [-0.15, -0.1) is 0 Å². The van der Waals surface area contributed by atoms with Crippen LogP contribution in [0.4, 0.5) is 4.39 Å². The highest BCUT2D eigenvalue weighted by molar-refractivity contribution is 5.97. The van der Waals surface area contributed by atoms with Gasteiger partial charge < -0.3 is 4.57 Å². The molecule has 30 heavy (non-hydrogen) atoms. The third kappa shape index (κ3) is 4.35. The first kappa shape index (κ1) is 20.8. The van der Waals surface area contributed by atoms with Gasteiger partial charge in [-0.1, -0.05) is 25.7 Å². The van der Waals surface area contributed by atoms with Crippen molar-refractivity contribution in [2.24, 2.45) is 16.9 Å². The number of nitrogens with one attached hydrogen (secondary N) is 1. The minimum atomic E-state index is -0.269. The lowest BCUT2D eigenvalue weighted by Gasteiger charge is -2.33. The number of aryl methyl sites for hydroxylation is 1. The highest BCUT2D eigenvalue weighted by Crippen LogP contribution is 2.37. The van der Waals surface area contributed by atoms with Crippen LogP contribution < -0.4 is 5.43 Å². The number of nitrogens with zero attached hydrogens (tertiary/aromatic N) is 2. The van der Waals surface area contributed by atoms with Gasteiger partial charge in [0.1, 0.15) is 5.82 Å². The summed E-state index contributed by atoms with van der Waals surface area (Å²) in [5.41, 5.74) is 7.29. The average molecular weight is 410 g/mol. The molecule has 4 rings (SSSR count). The Hall–Kier alpha value is -2.43. The minimum Gasteiger partial charge on any atom is -0.318 e. The maximum Gasteiger partial charge on any atom is 0.273 e. The van der Waals surface area contributed by atoms with Crippen LogP contribution >= 0.6 is 0 Å². The molecule has 2 aliphatic carbocycles. The number of carbonyl (C=O) groups excluding carboxylic acids is 1. The molecular formula is C25H32FN3O. The van der Waals surface area contributed by atoms with Crippen molar-refractivity contribution in [3.8, 4) is 5.69 Å². The quantitative estimate of drug-likeness (QED) is 0.610. The molecule has 1 aromatic heterocycles. The Morgan fingerprint density at radius 1 is 1.03 bits per heavy atom. The summed E-state index contributed by atoms with van der Waals surface area (Å²) in [6.45, 7) is 3.88. The molecule has 1 N–H and O–H groups in total. The molecule has 0 unspecified atom stereocenters. The first-order valence-electron chi connectivity index (χ1n) is 11.4. The number of benzene rings is 1. The Kier molecular flexibility index (Phi) is 6.35. The number of amides is 1. The molecule has 4 nitrogen and oxygen atoms in total. The van der Waals surface area contributed by atoms with Crippen LogP contribution in [0.25, 0.3) is 5.69 Å². The zero-order chi connectivity index (χ0) is 21.1. The van der Waals surface area contributed by atoms with Crippen molar-refractivity contribution in [1.82, 2.24) is 9.99 Å². The molecule has 5 heteroatoms. The standard InChI is InChI=1S/C25H32FN3O/c1-17-16-23(18(2)29(17)21-14-12-20(26)13-15-21)25(30)28-27-24-11-7-6-10-22(24)19-8-4-3-5-9-19/h12-16,19,22H,3-11H2,1-2H3,(H,28,30)/b27-24-/t22-/m1/s1. The van der Waals surface area contributed by atoms with Gasteiger partial charge in [-0.25, -0.2) is 9.82 Å².